The summed E-state index contributed by atoms with van der Waals surface area (Å²) in [5.74, 6) is -0.498. The lowest BCUT2D eigenvalue weighted by Gasteiger charge is -2.06. The summed E-state index contributed by atoms with van der Waals surface area (Å²) in [4.78, 5) is 23.2. The van der Waals surface area contributed by atoms with E-state index < -0.39 is 5.97 Å². The first-order valence-corrected chi connectivity index (χ1v) is 6.34. The molecule has 2 rings (SSSR count). The van der Waals surface area contributed by atoms with Crippen LogP contribution in [0.3, 0.4) is 0 Å². The normalized spacial score (nSPS) is 9.95. The lowest BCUT2D eigenvalue weighted by molar-refractivity contribution is -0.115. The summed E-state index contributed by atoms with van der Waals surface area (Å²) >= 11 is 0. The van der Waals surface area contributed by atoms with Gasteiger partial charge in [0.15, 0.2) is 0 Å². The Morgan fingerprint density at radius 2 is 1.86 bits per heavy atom. The van der Waals surface area contributed by atoms with Crippen molar-refractivity contribution in [3.8, 4) is 5.75 Å². The van der Waals surface area contributed by atoms with Crippen LogP contribution in [-0.4, -0.2) is 24.1 Å². The zero-order chi connectivity index (χ0) is 15.2. The monoisotopic (exact) mass is 285 g/mol. The quantitative estimate of drug-likeness (QED) is 0.846. The number of esters is 1. The minimum Gasteiger partial charge on any atom is -0.508 e. The number of carbonyl (C=O) groups is 2. The van der Waals surface area contributed by atoms with Crippen LogP contribution in [0.4, 0.5) is 5.69 Å². The van der Waals surface area contributed by atoms with E-state index in [-0.39, 0.29) is 18.1 Å². The van der Waals surface area contributed by atoms with Crippen molar-refractivity contribution in [2.75, 3.05) is 12.4 Å². The highest BCUT2D eigenvalue weighted by molar-refractivity contribution is 5.94. The molecule has 2 aromatic rings. The summed E-state index contributed by atoms with van der Waals surface area (Å²) in [6.07, 6.45) is 0.160. The first kappa shape index (κ1) is 14.6. The van der Waals surface area contributed by atoms with Gasteiger partial charge in [-0.1, -0.05) is 12.1 Å². The second-order valence-electron chi connectivity index (χ2n) is 4.46. The number of phenolic OH excluding ortho intramolecular Hbond substituents is 1. The maximum Gasteiger partial charge on any atom is 0.337 e. The fraction of sp³-hybridized carbons (Fsp3) is 0.125. The minimum atomic E-state index is -0.423. The molecule has 0 heterocycles. The number of ether oxygens (including phenoxy) is 1. The lowest BCUT2D eigenvalue weighted by atomic mass is 10.1. The molecule has 0 aromatic heterocycles. The van der Waals surface area contributed by atoms with Crippen LogP contribution in [0, 0.1) is 0 Å². The molecule has 2 aromatic carbocycles. The van der Waals surface area contributed by atoms with Crippen molar-refractivity contribution in [2.45, 2.75) is 6.42 Å². The number of aromatic hydroxyl groups is 1. The molecule has 5 nitrogen and oxygen atoms in total. The Morgan fingerprint density at radius 3 is 2.48 bits per heavy atom. The Hall–Kier alpha value is -2.82. The van der Waals surface area contributed by atoms with E-state index in [1.807, 2.05) is 0 Å². The van der Waals surface area contributed by atoms with Crippen molar-refractivity contribution in [3.05, 3.63) is 59.7 Å². The van der Waals surface area contributed by atoms with E-state index in [1.54, 1.807) is 48.5 Å². The second-order valence-corrected chi connectivity index (χ2v) is 4.46. The van der Waals surface area contributed by atoms with E-state index in [9.17, 15) is 14.7 Å². The van der Waals surface area contributed by atoms with Crippen molar-refractivity contribution in [2.24, 2.45) is 0 Å². The molecular weight excluding hydrogens is 270 g/mol. The van der Waals surface area contributed by atoms with E-state index in [1.165, 1.54) is 7.11 Å². The summed E-state index contributed by atoms with van der Waals surface area (Å²) in [6.45, 7) is 0. The van der Waals surface area contributed by atoms with Crippen LogP contribution in [0.15, 0.2) is 48.5 Å². The Bertz CT molecular complexity index is 650. The lowest BCUT2D eigenvalue weighted by Crippen LogP contribution is -2.14. The molecule has 0 bridgehead atoms. The average Bonchev–Trinajstić information content (AvgIpc) is 2.47. The van der Waals surface area contributed by atoms with Gasteiger partial charge in [0.1, 0.15) is 5.75 Å². The van der Waals surface area contributed by atoms with Gasteiger partial charge >= 0.3 is 5.97 Å². The predicted octanol–water partition coefficient (Wildman–Crippen LogP) is 2.36. The Balaban J connectivity index is 1.98. The first-order valence-electron chi connectivity index (χ1n) is 6.34. The van der Waals surface area contributed by atoms with Crippen LogP contribution in [0.2, 0.25) is 0 Å². The standard InChI is InChI=1S/C16H15NO4/c1-21-16(20)12-5-7-13(8-6-12)17-15(19)10-11-3-2-4-14(18)9-11/h2-9,18H,10H2,1H3,(H,17,19). The van der Waals surface area contributed by atoms with Gasteiger partial charge in [0.05, 0.1) is 19.1 Å². The predicted molar refractivity (Wildman–Crippen MR) is 78.2 cm³/mol. The maximum absolute atomic E-state index is 11.9. The average molecular weight is 285 g/mol. The summed E-state index contributed by atoms with van der Waals surface area (Å²) in [7, 11) is 1.31. The fourth-order valence-electron chi connectivity index (χ4n) is 1.86. The van der Waals surface area contributed by atoms with Gasteiger partial charge in [0.25, 0.3) is 0 Å². The minimum absolute atomic E-state index is 0.128. The van der Waals surface area contributed by atoms with E-state index in [2.05, 4.69) is 10.1 Å². The Labute approximate surface area is 122 Å². The van der Waals surface area contributed by atoms with Gasteiger partial charge < -0.3 is 15.2 Å². The number of benzene rings is 2. The number of methoxy groups -OCH3 is 1. The number of anilines is 1. The number of carbonyl (C=O) groups excluding carboxylic acids is 2. The van der Waals surface area contributed by atoms with Crippen LogP contribution < -0.4 is 5.32 Å². The zero-order valence-corrected chi connectivity index (χ0v) is 11.5. The van der Waals surface area contributed by atoms with Gasteiger partial charge in [-0.2, -0.15) is 0 Å². The van der Waals surface area contributed by atoms with Crippen LogP contribution in [-0.2, 0) is 16.0 Å². The number of hydrogen-bond acceptors (Lipinski definition) is 4. The van der Waals surface area contributed by atoms with E-state index in [4.69, 9.17) is 0 Å². The molecule has 21 heavy (non-hydrogen) atoms. The molecule has 0 unspecified atom stereocenters. The third-order valence-corrected chi connectivity index (χ3v) is 2.87. The molecule has 0 aliphatic carbocycles. The summed E-state index contributed by atoms with van der Waals surface area (Å²) in [5.41, 5.74) is 1.73. The number of hydrogen-bond donors (Lipinski definition) is 2. The molecule has 5 heteroatoms. The molecule has 0 saturated carbocycles. The van der Waals surface area contributed by atoms with Crippen LogP contribution in [0.1, 0.15) is 15.9 Å². The molecule has 0 aliphatic rings. The second kappa shape index (κ2) is 6.56. The molecular formula is C16H15NO4. The Kier molecular flexibility index (Phi) is 4.56. The molecule has 108 valence electrons. The molecule has 0 atom stereocenters. The molecule has 0 spiro atoms. The van der Waals surface area contributed by atoms with Crippen LogP contribution in [0.25, 0.3) is 0 Å². The molecule has 0 saturated heterocycles. The largest absolute Gasteiger partial charge is 0.508 e. The molecule has 0 fully saturated rings. The number of amides is 1. The van der Waals surface area contributed by atoms with E-state index >= 15 is 0 Å². The van der Waals surface area contributed by atoms with Gasteiger partial charge in [-0.05, 0) is 42.0 Å². The topological polar surface area (TPSA) is 75.6 Å². The maximum atomic E-state index is 11.9. The SMILES string of the molecule is COC(=O)c1ccc(NC(=O)Cc2cccc(O)c2)cc1. The Morgan fingerprint density at radius 1 is 1.14 bits per heavy atom. The van der Waals surface area contributed by atoms with Crippen molar-refractivity contribution in [3.63, 3.8) is 0 Å². The van der Waals surface area contributed by atoms with Crippen molar-refractivity contribution in [1.82, 2.24) is 0 Å². The third-order valence-electron chi connectivity index (χ3n) is 2.87. The highest BCUT2D eigenvalue weighted by Crippen LogP contribution is 2.14. The van der Waals surface area contributed by atoms with Gasteiger partial charge in [0.2, 0.25) is 5.91 Å². The van der Waals surface area contributed by atoms with Gasteiger partial charge in [-0.3, -0.25) is 4.79 Å². The zero-order valence-electron chi connectivity index (χ0n) is 11.5. The van der Waals surface area contributed by atoms with E-state index in [0.29, 0.717) is 11.3 Å². The van der Waals surface area contributed by atoms with Crippen molar-refractivity contribution >= 4 is 17.6 Å². The van der Waals surface area contributed by atoms with Crippen LogP contribution in [0.5, 0.6) is 5.75 Å². The number of nitrogens with one attached hydrogen (secondary N) is 1. The highest BCUT2D eigenvalue weighted by atomic mass is 16.5. The molecule has 0 radical (unpaired) electrons. The smallest absolute Gasteiger partial charge is 0.337 e. The molecule has 2 N–H and O–H groups in total. The van der Waals surface area contributed by atoms with Crippen LogP contribution >= 0.6 is 0 Å². The third kappa shape index (κ3) is 4.07. The summed E-state index contributed by atoms with van der Waals surface area (Å²) in [6, 6.07) is 13.0. The molecule has 0 aliphatic heterocycles. The molecule has 1 amide bonds. The number of rotatable bonds is 4. The van der Waals surface area contributed by atoms with Crippen molar-refractivity contribution in [1.29, 1.82) is 0 Å². The first-order chi connectivity index (χ1) is 10.1. The van der Waals surface area contributed by atoms with Gasteiger partial charge in [-0.25, -0.2) is 4.79 Å². The summed E-state index contributed by atoms with van der Waals surface area (Å²) in [5, 5.41) is 12.1. The number of phenols is 1. The highest BCUT2D eigenvalue weighted by Gasteiger charge is 2.07. The fourth-order valence-corrected chi connectivity index (χ4v) is 1.86. The van der Waals surface area contributed by atoms with Gasteiger partial charge in [-0.15, -0.1) is 0 Å². The van der Waals surface area contributed by atoms with E-state index in [0.717, 1.165) is 5.56 Å². The van der Waals surface area contributed by atoms with Gasteiger partial charge in [0, 0.05) is 5.69 Å². The van der Waals surface area contributed by atoms with Crippen molar-refractivity contribution < 1.29 is 19.4 Å². The summed E-state index contributed by atoms with van der Waals surface area (Å²) < 4.78 is 4.60.